The van der Waals surface area contributed by atoms with Gasteiger partial charge in [0.2, 0.25) is 0 Å². The quantitative estimate of drug-likeness (QED) is 0.774. The van der Waals surface area contributed by atoms with Crippen LogP contribution in [0.25, 0.3) is 0 Å². The molecule has 2 aromatic rings. The summed E-state index contributed by atoms with van der Waals surface area (Å²) < 4.78 is 14.5. The molecule has 0 radical (unpaired) electrons. The van der Waals surface area contributed by atoms with Crippen LogP contribution in [0.15, 0.2) is 42.6 Å². The molecule has 0 aliphatic carbocycles. The molecule has 0 aliphatic rings. The van der Waals surface area contributed by atoms with Crippen LogP contribution < -0.4 is 0 Å². The summed E-state index contributed by atoms with van der Waals surface area (Å²) in [5, 5.41) is 8.52. The Balaban J connectivity index is 2.20. The summed E-state index contributed by atoms with van der Waals surface area (Å²) in [4.78, 5) is 11.7. The van der Waals surface area contributed by atoms with Crippen LogP contribution in [-0.2, 0) is 6.54 Å². The Morgan fingerprint density at radius 2 is 2.00 bits per heavy atom. The maximum atomic E-state index is 12.8. The Kier molecular flexibility index (Phi) is 3.54. The summed E-state index contributed by atoms with van der Waals surface area (Å²) in [7, 11) is 0. The van der Waals surface area contributed by atoms with Crippen LogP contribution in [-0.4, -0.2) is 10.4 Å². The molecule has 0 N–H and O–H groups in total. The molecule has 4 heteroatoms. The zero-order valence-electron chi connectivity index (χ0n) is 9.64. The molecule has 0 fully saturated rings. The maximum Gasteiger partial charge on any atom is 0.193 e. The number of carbonyl (C=O) groups excluding carboxylic acids is 1. The summed E-state index contributed by atoms with van der Waals surface area (Å²) in [6.45, 7) is 0.486. The number of hydrogen-bond donors (Lipinski definition) is 0. The van der Waals surface area contributed by atoms with E-state index in [-0.39, 0.29) is 18.0 Å². The largest absolute Gasteiger partial charge is 0.341 e. The number of nitrogens with zero attached hydrogens (tertiary/aromatic N) is 2. The monoisotopic (exact) mass is 242 g/mol. The smallest absolute Gasteiger partial charge is 0.193 e. The highest BCUT2D eigenvalue weighted by atomic mass is 19.1. The van der Waals surface area contributed by atoms with E-state index in [2.05, 4.69) is 0 Å². The molecule has 2 rings (SSSR count). The van der Waals surface area contributed by atoms with Gasteiger partial charge in [-0.05, 0) is 29.8 Å². The lowest BCUT2D eigenvalue weighted by Crippen LogP contribution is -2.08. The van der Waals surface area contributed by atoms with Crippen molar-refractivity contribution in [1.29, 1.82) is 5.26 Å². The second-order valence-corrected chi connectivity index (χ2v) is 3.91. The molecular formula is C14H11FN2O. The van der Waals surface area contributed by atoms with E-state index in [1.165, 1.54) is 12.1 Å². The average molecular weight is 242 g/mol. The second-order valence-electron chi connectivity index (χ2n) is 3.91. The van der Waals surface area contributed by atoms with Gasteiger partial charge in [-0.1, -0.05) is 12.1 Å². The van der Waals surface area contributed by atoms with Gasteiger partial charge in [0.25, 0.3) is 0 Å². The molecule has 0 unspecified atom stereocenters. The fraction of sp³-hybridized carbons (Fsp3) is 0.143. The molecule has 0 atom stereocenters. The number of ketones is 1. The minimum absolute atomic E-state index is 0.132. The lowest BCUT2D eigenvalue weighted by Gasteiger charge is -2.07. The fourth-order valence-electron chi connectivity index (χ4n) is 1.75. The van der Waals surface area contributed by atoms with Gasteiger partial charge in [0.1, 0.15) is 12.2 Å². The molecular weight excluding hydrogens is 231 g/mol. The Morgan fingerprint density at radius 1 is 1.28 bits per heavy atom. The SMILES string of the molecule is N#CCC(=O)c1cccn1Cc1ccc(F)cc1. The molecule has 0 saturated heterocycles. The number of aromatic nitrogens is 1. The first kappa shape index (κ1) is 12.1. The summed E-state index contributed by atoms with van der Waals surface area (Å²) in [6.07, 6.45) is 1.64. The van der Waals surface area contributed by atoms with E-state index in [9.17, 15) is 9.18 Å². The molecule has 18 heavy (non-hydrogen) atoms. The highest BCUT2D eigenvalue weighted by Crippen LogP contribution is 2.10. The lowest BCUT2D eigenvalue weighted by atomic mass is 10.2. The van der Waals surface area contributed by atoms with Crippen molar-refractivity contribution in [2.45, 2.75) is 13.0 Å². The van der Waals surface area contributed by atoms with E-state index >= 15 is 0 Å². The minimum atomic E-state index is -0.285. The number of halogens is 1. The third-order valence-electron chi connectivity index (χ3n) is 2.62. The number of nitriles is 1. The van der Waals surface area contributed by atoms with Crippen LogP contribution in [0.5, 0.6) is 0 Å². The summed E-state index contributed by atoms with van der Waals surface area (Å²) in [5.74, 6) is -0.489. The van der Waals surface area contributed by atoms with E-state index in [1.54, 1.807) is 35.0 Å². The first-order valence-electron chi connectivity index (χ1n) is 5.50. The third kappa shape index (κ3) is 2.64. The highest BCUT2D eigenvalue weighted by molar-refractivity contribution is 5.96. The number of Topliss-reactive ketones (excluding diaryl/α,β-unsaturated/α-hetero) is 1. The molecule has 0 bridgehead atoms. The molecule has 0 spiro atoms. The van der Waals surface area contributed by atoms with E-state index in [0.717, 1.165) is 5.56 Å². The molecule has 1 aromatic heterocycles. The Bertz CT molecular complexity index is 593. The van der Waals surface area contributed by atoms with Gasteiger partial charge in [-0.3, -0.25) is 4.79 Å². The van der Waals surface area contributed by atoms with Crippen LogP contribution in [0.3, 0.4) is 0 Å². The first-order valence-corrected chi connectivity index (χ1v) is 5.50. The van der Waals surface area contributed by atoms with Crippen LogP contribution in [0, 0.1) is 17.1 Å². The molecule has 0 amide bonds. The fourth-order valence-corrected chi connectivity index (χ4v) is 1.75. The molecule has 0 aliphatic heterocycles. The highest BCUT2D eigenvalue weighted by Gasteiger charge is 2.10. The van der Waals surface area contributed by atoms with Crippen molar-refractivity contribution < 1.29 is 9.18 Å². The van der Waals surface area contributed by atoms with Gasteiger partial charge in [-0.25, -0.2) is 4.39 Å². The van der Waals surface area contributed by atoms with Gasteiger partial charge in [0, 0.05) is 12.7 Å². The van der Waals surface area contributed by atoms with E-state index < -0.39 is 0 Å². The summed E-state index contributed by atoms with van der Waals surface area (Å²) >= 11 is 0. The zero-order valence-corrected chi connectivity index (χ0v) is 9.64. The molecule has 1 aromatic carbocycles. The molecule has 90 valence electrons. The van der Waals surface area contributed by atoms with Gasteiger partial charge < -0.3 is 4.57 Å². The molecule has 1 heterocycles. The number of hydrogen-bond acceptors (Lipinski definition) is 2. The number of carbonyl (C=O) groups is 1. The van der Waals surface area contributed by atoms with Crippen molar-refractivity contribution in [3.05, 3.63) is 59.7 Å². The first-order chi connectivity index (χ1) is 8.70. The topological polar surface area (TPSA) is 45.8 Å². The predicted molar refractivity (Wildman–Crippen MR) is 64.5 cm³/mol. The number of benzene rings is 1. The minimum Gasteiger partial charge on any atom is -0.341 e. The second kappa shape index (κ2) is 5.28. The molecule has 0 saturated carbocycles. The van der Waals surface area contributed by atoms with Gasteiger partial charge in [0.15, 0.2) is 5.78 Å². The van der Waals surface area contributed by atoms with Gasteiger partial charge >= 0.3 is 0 Å². The van der Waals surface area contributed by atoms with Crippen molar-refractivity contribution in [3.63, 3.8) is 0 Å². The van der Waals surface area contributed by atoms with Crippen LogP contribution in [0.2, 0.25) is 0 Å². The normalized spacial score (nSPS) is 10.0. The van der Waals surface area contributed by atoms with Gasteiger partial charge in [-0.15, -0.1) is 0 Å². The van der Waals surface area contributed by atoms with Crippen molar-refractivity contribution in [3.8, 4) is 6.07 Å². The van der Waals surface area contributed by atoms with Gasteiger partial charge in [0.05, 0.1) is 11.8 Å². The third-order valence-corrected chi connectivity index (χ3v) is 2.62. The zero-order chi connectivity index (χ0) is 13.0. The van der Waals surface area contributed by atoms with E-state index in [0.29, 0.717) is 12.2 Å². The van der Waals surface area contributed by atoms with Crippen molar-refractivity contribution in [2.24, 2.45) is 0 Å². The van der Waals surface area contributed by atoms with E-state index in [4.69, 9.17) is 5.26 Å². The van der Waals surface area contributed by atoms with Crippen molar-refractivity contribution in [1.82, 2.24) is 4.57 Å². The van der Waals surface area contributed by atoms with Crippen LogP contribution in [0.1, 0.15) is 22.5 Å². The maximum absolute atomic E-state index is 12.8. The average Bonchev–Trinajstić information content (AvgIpc) is 2.81. The standard InChI is InChI=1S/C14H11FN2O/c15-12-5-3-11(4-6-12)10-17-9-1-2-13(17)14(18)7-8-16/h1-6,9H,7,10H2. The van der Waals surface area contributed by atoms with Gasteiger partial charge in [-0.2, -0.15) is 5.26 Å². The van der Waals surface area contributed by atoms with E-state index in [1.807, 2.05) is 6.07 Å². The van der Waals surface area contributed by atoms with Crippen molar-refractivity contribution >= 4 is 5.78 Å². The van der Waals surface area contributed by atoms with Crippen LogP contribution in [0.4, 0.5) is 4.39 Å². The summed E-state index contributed by atoms with van der Waals surface area (Å²) in [6, 6.07) is 11.4. The van der Waals surface area contributed by atoms with Crippen molar-refractivity contribution in [2.75, 3.05) is 0 Å². The summed E-state index contributed by atoms with van der Waals surface area (Å²) in [5.41, 5.74) is 1.40. The Labute approximate surface area is 104 Å². The lowest BCUT2D eigenvalue weighted by molar-refractivity contribution is 0.0989. The molecule has 3 nitrogen and oxygen atoms in total. The Hall–Kier alpha value is -2.41. The van der Waals surface area contributed by atoms with Crippen LogP contribution >= 0.6 is 0 Å². The Morgan fingerprint density at radius 3 is 2.67 bits per heavy atom. The predicted octanol–water partition coefficient (Wildman–Crippen LogP) is 2.77. The number of rotatable bonds is 4.